The first kappa shape index (κ1) is 52.2. The molecule has 7 heteroatoms. The van der Waals surface area contributed by atoms with Gasteiger partial charge in [0.15, 0.2) is 0 Å². The molecule has 13 aromatic rings. The van der Waals surface area contributed by atoms with Crippen LogP contribution < -0.4 is 14.5 Å². The average molecular weight is 1260 g/mol. The third kappa shape index (κ3) is 9.49. The molecule has 14 rings (SSSR count). The van der Waals surface area contributed by atoms with Crippen molar-refractivity contribution in [1.29, 1.82) is 0 Å². The molecule has 1 aliphatic rings. The maximum absolute atomic E-state index is 7.08. The maximum atomic E-state index is 7.08. The molecule has 3 heterocycles. The minimum absolute atomic E-state index is 0.0399. The number of hydrogen-bond acceptors (Lipinski definition) is 4. The van der Waals surface area contributed by atoms with Gasteiger partial charge in [-0.2, -0.15) is 0 Å². The van der Waals surface area contributed by atoms with Gasteiger partial charge in [0, 0.05) is 23.0 Å². The summed E-state index contributed by atoms with van der Waals surface area (Å²) in [6.45, 7) is 8.93. The number of ether oxygens (including phenoxy) is 1. The Morgan fingerprint density at radius 1 is 0.417 bits per heavy atom. The molecule has 0 saturated carbocycles. The minimum atomic E-state index is 0.0399. The van der Waals surface area contributed by atoms with E-state index >= 15 is 0 Å². The van der Waals surface area contributed by atoms with Crippen molar-refractivity contribution in [1.82, 2.24) is 14.1 Å². The van der Waals surface area contributed by atoms with Gasteiger partial charge in [-0.1, -0.05) is 112 Å². The molecule has 6 nitrogen and oxygen atoms in total. The number of imidazole rings is 1. The van der Waals surface area contributed by atoms with Crippen molar-refractivity contribution in [2.45, 2.75) is 33.1 Å². The number of aromatic nitrogens is 3. The van der Waals surface area contributed by atoms with Crippen LogP contribution in [0, 0.1) is 22.9 Å². The van der Waals surface area contributed by atoms with E-state index in [4.69, 9.17) is 9.72 Å². The van der Waals surface area contributed by atoms with Crippen LogP contribution in [0.4, 0.5) is 34.3 Å². The van der Waals surface area contributed by atoms with Gasteiger partial charge in [-0.25, -0.2) is 0 Å². The number of nitrogens with zero attached hydrogens (tertiary/aromatic N) is 5. The van der Waals surface area contributed by atoms with Crippen molar-refractivity contribution in [2.24, 2.45) is 0 Å². The van der Waals surface area contributed by atoms with Gasteiger partial charge in [0.25, 0.3) is 0 Å². The average Bonchev–Trinajstić information content (AvgIpc) is 2.38. The summed E-state index contributed by atoms with van der Waals surface area (Å²) in [6, 6.07) is 102. The topological polar surface area (TPSA) is 38.5 Å². The minimum Gasteiger partial charge on any atom is -0.0579 e. The fourth-order valence-electron chi connectivity index (χ4n) is 11.8. The zero-order valence-corrected chi connectivity index (χ0v) is 49.2. The molecule has 11 aromatic carbocycles. The van der Waals surface area contributed by atoms with Crippen LogP contribution >= 0.6 is 0 Å². The third-order valence-electron chi connectivity index (χ3n) is 15.9. The molecule has 0 spiro atoms. The molecule has 0 aliphatic carbocycles. The second-order valence-electron chi connectivity index (χ2n) is 22.2. The molecule has 0 saturated heterocycles. The number of pyridine rings is 1. The second-order valence-corrected chi connectivity index (χ2v) is 23.2. The molecule has 2 aromatic heterocycles. The van der Waals surface area contributed by atoms with Crippen molar-refractivity contribution in [3.8, 4) is 78.5 Å². The van der Waals surface area contributed by atoms with Crippen molar-refractivity contribution >= 4 is 45.3 Å². The number of fused-ring (bicyclic) bond motifs is 7. The number of aryl methyl sites for hydroxylation is 1. The van der Waals surface area contributed by atoms with E-state index in [9.17, 15) is 0 Å². The van der Waals surface area contributed by atoms with Gasteiger partial charge in [-0.05, 0) is 53.3 Å². The quantitative estimate of drug-likeness (QED) is 0.135. The van der Waals surface area contributed by atoms with Gasteiger partial charge < -0.3 is 4.90 Å². The van der Waals surface area contributed by atoms with Crippen LogP contribution in [0.1, 0.15) is 31.9 Å². The van der Waals surface area contributed by atoms with Crippen LogP contribution in [0.5, 0.6) is 11.5 Å². The Morgan fingerprint density at radius 3 is 1.50 bits per heavy atom. The Hall–Kier alpha value is -9.87. The standard InChI is InChI=1S/C77H57N5O.Pt/c1-53-48-75(78-51-68(53)56-42-44-57(45-43-56)77(2,3)4)82-71-39-19-16-33-65(71)64-32-14-17-37-69(64)81(58-28-12-7-13-29-58)70-38-18-15-34-66(70)67-47-46-61(50-74(67)82)83-60-31-22-30-59(49-60)79-52-80(73-41-21-20-40-72(73)79)76-62(54-24-8-5-9-25-54)35-23-36-63(76)55-26-10-6-11-27-55;/h5-48,51H,1-4H3;/q-2;. The van der Waals surface area contributed by atoms with Crippen molar-refractivity contribution < 1.29 is 24.1 Å². The first-order valence-corrected chi connectivity index (χ1v) is 29.5. The predicted octanol–water partition coefficient (Wildman–Crippen LogP) is 20.5. The summed E-state index contributed by atoms with van der Waals surface area (Å²) in [5.41, 5.74) is 22.1. The van der Waals surface area contributed by atoms with E-state index in [1.807, 2.05) is 24.4 Å². The molecular weight excluding hydrogens is 1210 g/mol. The smallest absolute Gasteiger partial charge is 0.0579 e. The van der Waals surface area contributed by atoms with Gasteiger partial charge in [0.1, 0.15) is 0 Å². The third-order valence-corrected chi connectivity index (χ3v) is 16.9. The molecule has 84 heavy (non-hydrogen) atoms. The Bertz CT molecular complexity index is 4600. The molecule has 408 valence electrons. The van der Waals surface area contributed by atoms with Crippen LogP contribution in [-0.4, -0.2) is 14.1 Å². The Balaban J connectivity index is 0.946. The van der Waals surface area contributed by atoms with Crippen molar-refractivity contribution in [3.05, 3.63) is 300 Å². The van der Waals surface area contributed by atoms with Crippen LogP contribution in [0.15, 0.2) is 273 Å². The summed E-state index contributed by atoms with van der Waals surface area (Å²) < 4.78 is 12.7. The van der Waals surface area contributed by atoms with Crippen molar-refractivity contribution in [2.75, 3.05) is 9.80 Å². The van der Waals surface area contributed by atoms with E-state index in [-0.39, 0.29) is 5.41 Å². The Labute approximate surface area is 501 Å². The van der Waals surface area contributed by atoms with Gasteiger partial charge in [0.05, 0.1) is 5.69 Å². The SMILES string of the molecule is Cc1cc(N2c3[c-]c(Oc4[c-]c(-n5[c](=[Pt])n(-c6c(-c7ccccc7)cccc6-c6ccccc6)c6ccccc65)ccc4)ccc3-c3ccccc3N(c3ccccc3)c3ccccc3-c3ccccc32)ncc1-c1ccc(C(C)(C)C)cc1. The predicted molar refractivity (Wildman–Crippen MR) is 341 cm³/mol. The number of rotatable bonds is 9. The zero-order valence-electron chi connectivity index (χ0n) is 46.9. The molecule has 0 amide bonds. The first-order chi connectivity index (χ1) is 41.2. The first-order valence-electron chi connectivity index (χ1n) is 28.4. The molecule has 0 bridgehead atoms. The van der Waals surface area contributed by atoms with Gasteiger partial charge in [-0.3, -0.25) is 0 Å². The van der Waals surface area contributed by atoms with Crippen LogP contribution in [0.2, 0.25) is 0 Å². The number of benzene rings is 11. The number of hydrogen-bond donors (Lipinski definition) is 0. The van der Waals surface area contributed by atoms with Gasteiger partial charge in [-0.15, -0.1) is 0 Å². The molecule has 0 atom stereocenters. The summed E-state index contributed by atoms with van der Waals surface area (Å²) in [4.78, 5) is 10.1. The summed E-state index contributed by atoms with van der Waals surface area (Å²) in [6.07, 6.45) is 2.02. The van der Waals surface area contributed by atoms with Crippen LogP contribution in [0.3, 0.4) is 0 Å². The summed E-state index contributed by atoms with van der Waals surface area (Å²) in [5, 5.41) is 0. The van der Waals surface area contributed by atoms with Crippen LogP contribution in [0.25, 0.3) is 78.0 Å². The fraction of sp³-hybridized carbons (Fsp3) is 0.0649. The zero-order chi connectivity index (χ0) is 56.9. The van der Waals surface area contributed by atoms with Gasteiger partial charge >= 0.3 is 306 Å². The van der Waals surface area contributed by atoms with E-state index in [1.165, 1.54) is 5.56 Å². The van der Waals surface area contributed by atoms with E-state index in [0.717, 1.165) is 122 Å². The Morgan fingerprint density at radius 2 is 0.905 bits per heavy atom. The molecule has 0 fully saturated rings. The molecule has 0 unspecified atom stereocenters. The fourth-order valence-corrected chi connectivity index (χ4v) is 12.9. The monoisotopic (exact) mass is 1260 g/mol. The summed E-state index contributed by atoms with van der Waals surface area (Å²) in [7, 11) is 0. The van der Waals surface area contributed by atoms with E-state index in [0.29, 0.717) is 11.5 Å². The second kappa shape index (κ2) is 21.8. The van der Waals surface area contributed by atoms with Crippen LogP contribution in [-0.2, 0) is 24.8 Å². The molecular formula is C77H57N5OPt-2. The van der Waals surface area contributed by atoms with Crippen molar-refractivity contribution in [3.63, 3.8) is 0 Å². The van der Waals surface area contributed by atoms with E-state index < -0.39 is 0 Å². The van der Waals surface area contributed by atoms with E-state index in [2.05, 4.69) is 327 Å². The summed E-state index contributed by atoms with van der Waals surface area (Å²) >= 11 is 2.49. The molecule has 1 aliphatic heterocycles. The normalized spacial score (nSPS) is 12.1. The summed E-state index contributed by atoms with van der Waals surface area (Å²) in [5.74, 6) is 1.82. The molecule has 0 radical (unpaired) electrons. The van der Waals surface area contributed by atoms with E-state index in [1.54, 1.807) is 0 Å². The number of anilines is 6. The Kier molecular flexibility index (Phi) is 13.5. The molecule has 0 N–H and O–H groups in total. The number of para-hydroxylation sites is 7. The van der Waals surface area contributed by atoms with Gasteiger partial charge in [0.2, 0.25) is 0 Å².